The number of rotatable bonds is 8. The van der Waals surface area contributed by atoms with Crippen molar-refractivity contribution in [1.29, 1.82) is 5.26 Å². The fraction of sp³-hybridized carbons (Fsp3) is 0.200. The number of nitrogens with zero attached hydrogens (tertiary/aromatic N) is 4. The van der Waals surface area contributed by atoms with Gasteiger partial charge in [-0.3, -0.25) is 4.79 Å². The first kappa shape index (κ1) is 20.4. The number of ether oxygens (including phenoxy) is 1. The van der Waals surface area contributed by atoms with Crippen LogP contribution in [0.15, 0.2) is 58.2 Å². The van der Waals surface area contributed by atoms with Gasteiger partial charge in [0.05, 0.1) is 25.4 Å². The van der Waals surface area contributed by atoms with Gasteiger partial charge < -0.3 is 14.1 Å². The second kappa shape index (κ2) is 9.71. The minimum atomic E-state index is -0.396. The number of carbonyl (C=O) groups excluding carboxylic acids is 1. The van der Waals surface area contributed by atoms with Crippen LogP contribution in [-0.2, 0) is 4.79 Å². The molecule has 0 atom stereocenters. The third-order valence-electron chi connectivity index (χ3n) is 3.95. The maximum atomic E-state index is 13.2. The van der Waals surface area contributed by atoms with Crippen molar-refractivity contribution in [3.05, 3.63) is 54.3 Å². The monoisotopic (exact) mass is 412 g/mol. The maximum Gasteiger partial charge on any atom is 0.277 e. The van der Waals surface area contributed by atoms with E-state index in [9.17, 15) is 9.18 Å². The summed E-state index contributed by atoms with van der Waals surface area (Å²) in [7, 11) is 1.58. The summed E-state index contributed by atoms with van der Waals surface area (Å²) in [6.07, 6.45) is 0.163. The lowest BCUT2D eigenvalue weighted by atomic mass is 10.2. The van der Waals surface area contributed by atoms with Crippen LogP contribution in [0.25, 0.3) is 11.5 Å². The predicted molar refractivity (Wildman–Crippen MR) is 106 cm³/mol. The molecule has 2 aromatic carbocycles. The van der Waals surface area contributed by atoms with Gasteiger partial charge in [-0.1, -0.05) is 11.8 Å². The lowest BCUT2D eigenvalue weighted by Gasteiger charge is -2.21. The fourth-order valence-corrected chi connectivity index (χ4v) is 3.14. The van der Waals surface area contributed by atoms with Crippen molar-refractivity contribution in [2.75, 3.05) is 24.3 Å². The van der Waals surface area contributed by atoms with Gasteiger partial charge in [0.2, 0.25) is 11.8 Å². The molecule has 1 heterocycles. The van der Waals surface area contributed by atoms with E-state index >= 15 is 0 Å². The molecule has 0 fully saturated rings. The molecule has 0 bridgehead atoms. The van der Waals surface area contributed by atoms with E-state index in [1.54, 1.807) is 31.4 Å². The first-order valence-corrected chi connectivity index (χ1v) is 9.63. The molecule has 0 saturated heterocycles. The molecule has 3 rings (SSSR count). The highest BCUT2D eigenvalue weighted by Gasteiger charge is 2.18. The van der Waals surface area contributed by atoms with Gasteiger partial charge in [0, 0.05) is 17.8 Å². The molecular formula is C20H17FN4O3S. The fourth-order valence-electron chi connectivity index (χ4n) is 2.50. The van der Waals surface area contributed by atoms with Crippen LogP contribution in [0.2, 0.25) is 0 Å². The Hall–Kier alpha value is -3.38. The van der Waals surface area contributed by atoms with Gasteiger partial charge in [-0.15, -0.1) is 10.2 Å². The van der Waals surface area contributed by atoms with E-state index in [1.165, 1.54) is 29.2 Å². The van der Waals surface area contributed by atoms with Crippen molar-refractivity contribution in [2.24, 2.45) is 0 Å². The first-order chi connectivity index (χ1) is 14.1. The summed E-state index contributed by atoms with van der Waals surface area (Å²) >= 11 is 1.10. The van der Waals surface area contributed by atoms with E-state index in [2.05, 4.69) is 10.2 Å². The maximum absolute atomic E-state index is 13.2. The zero-order chi connectivity index (χ0) is 20.6. The van der Waals surface area contributed by atoms with Crippen molar-refractivity contribution < 1.29 is 18.3 Å². The van der Waals surface area contributed by atoms with Crippen LogP contribution in [0, 0.1) is 17.1 Å². The summed E-state index contributed by atoms with van der Waals surface area (Å²) in [5.41, 5.74) is 1.26. The third-order valence-corrected chi connectivity index (χ3v) is 4.75. The van der Waals surface area contributed by atoms with E-state index in [-0.39, 0.29) is 29.8 Å². The lowest BCUT2D eigenvalue weighted by molar-refractivity contribution is -0.116. The molecule has 29 heavy (non-hydrogen) atoms. The summed E-state index contributed by atoms with van der Waals surface area (Å²) in [5.74, 6) is 0.440. The van der Waals surface area contributed by atoms with E-state index in [0.717, 1.165) is 17.3 Å². The van der Waals surface area contributed by atoms with E-state index in [4.69, 9.17) is 14.4 Å². The molecule has 3 aromatic rings. The Labute approximate surface area is 171 Å². The number of anilines is 1. The van der Waals surface area contributed by atoms with Crippen LogP contribution in [0.1, 0.15) is 6.42 Å². The Kier molecular flexibility index (Phi) is 6.81. The zero-order valence-corrected chi connectivity index (χ0v) is 16.4. The lowest BCUT2D eigenvalue weighted by Crippen LogP contribution is -2.33. The molecule has 0 radical (unpaired) electrons. The number of thioether (sulfide) groups is 1. The number of halogens is 1. The smallest absolute Gasteiger partial charge is 0.277 e. The SMILES string of the molecule is COc1ccc(-c2nnc(SCC(=O)N(CCC#N)c3ccc(F)cc3)o2)cc1. The van der Waals surface area contributed by atoms with Gasteiger partial charge in [0.25, 0.3) is 5.22 Å². The van der Waals surface area contributed by atoms with Gasteiger partial charge in [0.1, 0.15) is 11.6 Å². The second-order valence-electron chi connectivity index (χ2n) is 5.82. The largest absolute Gasteiger partial charge is 0.497 e. The molecule has 0 N–H and O–H groups in total. The number of nitriles is 1. The Morgan fingerprint density at radius 1 is 1.21 bits per heavy atom. The molecule has 0 unspecified atom stereocenters. The minimum Gasteiger partial charge on any atom is -0.497 e. The van der Waals surface area contributed by atoms with Gasteiger partial charge in [-0.05, 0) is 48.5 Å². The summed E-state index contributed by atoms with van der Waals surface area (Å²) in [6.45, 7) is 0.211. The topological polar surface area (TPSA) is 92.3 Å². The van der Waals surface area contributed by atoms with Crippen molar-refractivity contribution in [1.82, 2.24) is 10.2 Å². The van der Waals surface area contributed by atoms with Crippen molar-refractivity contribution in [3.63, 3.8) is 0 Å². The van der Waals surface area contributed by atoms with Crippen molar-refractivity contribution >= 4 is 23.4 Å². The number of amides is 1. The number of hydrogen-bond acceptors (Lipinski definition) is 7. The van der Waals surface area contributed by atoms with Crippen LogP contribution < -0.4 is 9.64 Å². The molecule has 0 aliphatic carbocycles. The van der Waals surface area contributed by atoms with Crippen LogP contribution in [0.4, 0.5) is 10.1 Å². The van der Waals surface area contributed by atoms with E-state index < -0.39 is 5.82 Å². The van der Waals surface area contributed by atoms with Gasteiger partial charge in [-0.25, -0.2) is 4.39 Å². The average molecular weight is 412 g/mol. The Balaban J connectivity index is 1.65. The van der Waals surface area contributed by atoms with Crippen LogP contribution in [0.5, 0.6) is 5.75 Å². The Morgan fingerprint density at radius 3 is 2.59 bits per heavy atom. The molecule has 0 aliphatic rings. The molecule has 9 heteroatoms. The van der Waals surface area contributed by atoms with Gasteiger partial charge in [0.15, 0.2) is 0 Å². The van der Waals surface area contributed by atoms with Gasteiger partial charge >= 0.3 is 0 Å². The first-order valence-electron chi connectivity index (χ1n) is 8.64. The van der Waals surface area contributed by atoms with E-state index in [1.807, 2.05) is 6.07 Å². The molecule has 0 spiro atoms. The number of aromatic nitrogens is 2. The van der Waals surface area contributed by atoms with Crippen molar-refractivity contribution in [3.8, 4) is 23.3 Å². The van der Waals surface area contributed by atoms with Crippen LogP contribution in [-0.4, -0.2) is 35.5 Å². The van der Waals surface area contributed by atoms with Crippen LogP contribution >= 0.6 is 11.8 Å². The second-order valence-corrected chi connectivity index (χ2v) is 6.75. The number of hydrogen-bond donors (Lipinski definition) is 0. The normalized spacial score (nSPS) is 10.4. The number of carbonyl (C=O) groups is 1. The van der Waals surface area contributed by atoms with E-state index in [0.29, 0.717) is 17.3 Å². The number of benzene rings is 2. The highest BCUT2D eigenvalue weighted by molar-refractivity contribution is 7.99. The standard InChI is InChI=1S/C20H17FN4O3S/c1-27-17-9-3-14(4-10-17)19-23-24-20(28-19)29-13-18(26)25(12-2-11-22)16-7-5-15(21)6-8-16/h3-10H,2,12-13H2,1H3. The number of methoxy groups -OCH3 is 1. The molecule has 7 nitrogen and oxygen atoms in total. The Morgan fingerprint density at radius 2 is 1.93 bits per heavy atom. The molecular weight excluding hydrogens is 395 g/mol. The highest BCUT2D eigenvalue weighted by atomic mass is 32.2. The molecule has 148 valence electrons. The third kappa shape index (κ3) is 5.33. The van der Waals surface area contributed by atoms with Gasteiger partial charge in [-0.2, -0.15) is 5.26 Å². The Bertz CT molecular complexity index is 1000. The minimum absolute atomic E-state index is 0.0348. The summed E-state index contributed by atoms with van der Waals surface area (Å²) < 4.78 is 23.9. The average Bonchev–Trinajstić information content (AvgIpc) is 3.23. The quantitative estimate of drug-likeness (QED) is 0.518. The zero-order valence-electron chi connectivity index (χ0n) is 15.5. The highest BCUT2D eigenvalue weighted by Crippen LogP contribution is 2.25. The molecule has 1 aromatic heterocycles. The molecule has 1 amide bonds. The predicted octanol–water partition coefficient (Wildman–Crippen LogP) is 3.92. The molecule has 0 aliphatic heterocycles. The summed E-state index contributed by atoms with van der Waals surface area (Å²) in [6, 6.07) is 14.7. The van der Waals surface area contributed by atoms with Crippen molar-refractivity contribution in [2.45, 2.75) is 11.6 Å². The summed E-state index contributed by atoms with van der Waals surface area (Å²) in [5, 5.41) is 17.0. The van der Waals surface area contributed by atoms with Crippen LogP contribution in [0.3, 0.4) is 0 Å². The molecule has 0 saturated carbocycles. The summed E-state index contributed by atoms with van der Waals surface area (Å²) in [4.78, 5) is 14.1.